The Kier molecular flexibility index (Phi) is 3.20. The number of carbonyl (C=O) groups excluding carboxylic acids is 1. The molecule has 0 bridgehead atoms. The van der Waals surface area contributed by atoms with Crippen molar-refractivity contribution in [2.24, 2.45) is 0 Å². The Hall–Kier alpha value is -1.74. The van der Waals surface area contributed by atoms with E-state index >= 15 is 0 Å². The van der Waals surface area contributed by atoms with Crippen molar-refractivity contribution in [2.45, 2.75) is 0 Å². The van der Waals surface area contributed by atoms with Gasteiger partial charge in [-0.1, -0.05) is 17.7 Å². The molecule has 2 aromatic rings. The van der Waals surface area contributed by atoms with E-state index in [4.69, 9.17) is 11.6 Å². The van der Waals surface area contributed by atoms with Gasteiger partial charge in [-0.3, -0.25) is 4.79 Å². The van der Waals surface area contributed by atoms with Gasteiger partial charge in [0.2, 0.25) is 0 Å². The summed E-state index contributed by atoms with van der Waals surface area (Å²) >= 11 is 5.67. The molecule has 0 heterocycles. The predicted molar refractivity (Wildman–Crippen MR) is 61.2 cm³/mol. The van der Waals surface area contributed by atoms with E-state index in [0.717, 1.165) is 12.1 Å². The molecule has 2 aromatic carbocycles. The average Bonchev–Trinajstić information content (AvgIpc) is 2.29. The lowest BCUT2D eigenvalue weighted by atomic mass is 10.0. The van der Waals surface area contributed by atoms with Crippen LogP contribution in [0.2, 0.25) is 5.02 Å². The third-order valence-electron chi connectivity index (χ3n) is 2.30. The lowest BCUT2D eigenvalue weighted by Gasteiger charge is -2.04. The number of carbonyl (C=O) groups is 1. The summed E-state index contributed by atoms with van der Waals surface area (Å²) in [6, 6.07) is 9.15. The van der Waals surface area contributed by atoms with E-state index in [-0.39, 0.29) is 5.56 Å². The van der Waals surface area contributed by atoms with Crippen LogP contribution in [-0.2, 0) is 0 Å². The maximum Gasteiger partial charge on any atom is 0.198 e. The summed E-state index contributed by atoms with van der Waals surface area (Å²) in [5.41, 5.74) is -0.353. The third-order valence-corrected chi connectivity index (χ3v) is 2.55. The van der Waals surface area contributed by atoms with Crippen LogP contribution in [0.15, 0.2) is 42.5 Å². The van der Waals surface area contributed by atoms with Gasteiger partial charge in [-0.25, -0.2) is 8.78 Å². The summed E-state index contributed by atoms with van der Waals surface area (Å²) in [5, 5.41) is 0.454. The first-order valence-corrected chi connectivity index (χ1v) is 5.21. The van der Waals surface area contributed by atoms with Gasteiger partial charge in [0.15, 0.2) is 5.78 Å². The van der Waals surface area contributed by atoms with Gasteiger partial charge in [-0.2, -0.15) is 0 Å². The first-order valence-electron chi connectivity index (χ1n) is 4.84. The van der Waals surface area contributed by atoms with Crippen molar-refractivity contribution in [3.05, 3.63) is 70.2 Å². The smallest absolute Gasteiger partial charge is 0.198 e. The van der Waals surface area contributed by atoms with Gasteiger partial charge < -0.3 is 0 Å². The number of ketones is 1. The fourth-order valence-corrected chi connectivity index (χ4v) is 1.59. The quantitative estimate of drug-likeness (QED) is 0.742. The fourth-order valence-electron chi connectivity index (χ4n) is 1.46. The van der Waals surface area contributed by atoms with Gasteiger partial charge in [-0.05, 0) is 36.4 Å². The van der Waals surface area contributed by atoms with E-state index in [0.29, 0.717) is 5.02 Å². The second kappa shape index (κ2) is 4.63. The van der Waals surface area contributed by atoms with E-state index in [1.165, 1.54) is 30.3 Å². The minimum atomic E-state index is -0.870. The first-order chi connectivity index (χ1) is 8.09. The van der Waals surface area contributed by atoms with E-state index < -0.39 is 23.0 Å². The zero-order valence-corrected chi connectivity index (χ0v) is 9.34. The molecule has 0 spiro atoms. The van der Waals surface area contributed by atoms with E-state index in [9.17, 15) is 13.6 Å². The Morgan fingerprint density at radius 2 is 1.47 bits per heavy atom. The second-order valence-corrected chi connectivity index (χ2v) is 3.87. The molecule has 1 nitrogen and oxygen atoms in total. The molecule has 17 heavy (non-hydrogen) atoms. The van der Waals surface area contributed by atoms with Crippen LogP contribution in [0.25, 0.3) is 0 Å². The molecule has 0 aliphatic carbocycles. The summed E-state index contributed by atoms with van der Waals surface area (Å²) in [4.78, 5) is 11.9. The Morgan fingerprint density at radius 1 is 0.941 bits per heavy atom. The molecule has 0 atom stereocenters. The molecule has 86 valence electrons. The maximum absolute atomic E-state index is 13.4. The molecular formula is C13H7ClF2O. The average molecular weight is 253 g/mol. The zero-order chi connectivity index (χ0) is 12.4. The highest BCUT2D eigenvalue weighted by molar-refractivity contribution is 6.30. The molecule has 0 aliphatic rings. The maximum atomic E-state index is 13.4. The highest BCUT2D eigenvalue weighted by Crippen LogP contribution is 2.18. The van der Waals surface area contributed by atoms with Crippen LogP contribution in [0.4, 0.5) is 8.78 Å². The number of rotatable bonds is 2. The topological polar surface area (TPSA) is 17.1 Å². The van der Waals surface area contributed by atoms with Crippen LogP contribution in [0.5, 0.6) is 0 Å². The van der Waals surface area contributed by atoms with Crippen molar-refractivity contribution in [2.75, 3.05) is 0 Å². The lowest BCUT2D eigenvalue weighted by Crippen LogP contribution is -2.07. The standard InChI is InChI=1S/C13H7ClF2O/c14-9-6-4-8(5-7-9)13(17)12-10(15)2-1-3-11(12)16/h1-7H. The number of hydrogen-bond donors (Lipinski definition) is 0. The Bertz CT molecular complexity index is 544. The van der Waals surface area contributed by atoms with Gasteiger partial charge >= 0.3 is 0 Å². The predicted octanol–water partition coefficient (Wildman–Crippen LogP) is 3.85. The van der Waals surface area contributed by atoms with E-state index in [1.54, 1.807) is 0 Å². The Morgan fingerprint density at radius 3 is 2.00 bits per heavy atom. The third kappa shape index (κ3) is 2.34. The molecule has 0 fully saturated rings. The molecule has 0 radical (unpaired) electrons. The normalized spacial score (nSPS) is 10.3. The van der Waals surface area contributed by atoms with E-state index in [2.05, 4.69) is 0 Å². The highest BCUT2D eigenvalue weighted by atomic mass is 35.5. The molecule has 4 heteroatoms. The van der Waals surface area contributed by atoms with Crippen LogP contribution >= 0.6 is 11.6 Å². The molecule has 0 saturated heterocycles. The molecule has 0 N–H and O–H groups in total. The van der Waals surface area contributed by atoms with Crippen molar-refractivity contribution in [1.29, 1.82) is 0 Å². The van der Waals surface area contributed by atoms with Crippen molar-refractivity contribution in [3.63, 3.8) is 0 Å². The minimum absolute atomic E-state index is 0.193. The summed E-state index contributed by atoms with van der Waals surface area (Å²) in [5.74, 6) is -2.44. The van der Waals surface area contributed by atoms with Crippen LogP contribution in [0.3, 0.4) is 0 Å². The summed E-state index contributed by atoms with van der Waals surface area (Å²) in [6.45, 7) is 0. The van der Waals surface area contributed by atoms with Crippen LogP contribution in [-0.4, -0.2) is 5.78 Å². The monoisotopic (exact) mass is 252 g/mol. The first kappa shape index (κ1) is 11.7. The lowest BCUT2D eigenvalue weighted by molar-refractivity contribution is 0.103. The number of hydrogen-bond acceptors (Lipinski definition) is 1. The summed E-state index contributed by atoms with van der Waals surface area (Å²) in [7, 11) is 0. The van der Waals surface area contributed by atoms with Gasteiger partial charge in [0, 0.05) is 10.6 Å². The molecular weight excluding hydrogens is 246 g/mol. The van der Waals surface area contributed by atoms with Crippen LogP contribution in [0.1, 0.15) is 15.9 Å². The Labute approximate surface area is 102 Å². The molecule has 0 amide bonds. The van der Waals surface area contributed by atoms with E-state index in [1.807, 2.05) is 0 Å². The zero-order valence-electron chi connectivity index (χ0n) is 8.58. The molecule has 0 unspecified atom stereocenters. The van der Waals surface area contributed by atoms with Crippen molar-refractivity contribution in [3.8, 4) is 0 Å². The van der Waals surface area contributed by atoms with Gasteiger partial charge in [0.05, 0.1) is 5.56 Å². The molecule has 0 aliphatic heterocycles. The second-order valence-electron chi connectivity index (χ2n) is 3.43. The molecule has 0 saturated carbocycles. The van der Waals surface area contributed by atoms with Crippen molar-refractivity contribution in [1.82, 2.24) is 0 Å². The van der Waals surface area contributed by atoms with Crippen molar-refractivity contribution >= 4 is 17.4 Å². The summed E-state index contributed by atoms with van der Waals surface area (Å²) < 4.78 is 26.8. The van der Waals surface area contributed by atoms with Crippen LogP contribution < -0.4 is 0 Å². The van der Waals surface area contributed by atoms with Gasteiger partial charge in [0.1, 0.15) is 11.6 Å². The molecule has 2 rings (SSSR count). The minimum Gasteiger partial charge on any atom is -0.288 e. The Balaban J connectivity index is 2.47. The fraction of sp³-hybridized carbons (Fsp3) is 0. The summed E-state index contributed by atoms with van der Waals surface area (Å²) in [6.07, 6.45) is 0. The van der Waals surface area contributed by atoms with Gasteiger partial charge in [-0.15, -0.1) is 0 Å². The van der Waals surface area contributed by atoms with Crippen LogP contribution in [0, 0.1) is 11.6 Å². The molecule has 0 aromatic heterocycles. The SMILES string of the molecule is O=C(c1ccc(Cl)cc1)c1c(F)cccc1F. The number of benzene rings is 2. The largest absolute Gasteiger partial charge is 0.288 e. The highest BCUT2D eigenvalue weighted by Gasteiger charge is 2.18. The van der Waals surface area contributed by atoms with Crippen molar-refractivity contribution < 1.29 is 13.6 Å². The number of halogens is 3. The van der Waals surface area contributed by atoms with Gasteiger partial charge in [0.25, 0.3) is 0 Å².